The Bertz CT molecular complexity index is 947. The quantitative estimate of drug-likeness (QED) is 0.776. The van der Waals surface area contributed by atoms with Gasteiger partial charge in [0.05, 0.1) is 0 Å². The van der Waals surface area contributed by atoms with Gasteiger partial charge in [0.15, 0.2) is 0 Å². The Morgan fingerprint density at radius 3 is 2.63 bits per heavy atom. The van der Waals surface area contributed by atoms with Crippen molar-refractivity contribution in [1.82, 2.24) is 0 Å². The molecule has 4 nitrogen and oxygen atoms in total. The van der Waals surface area contributed by atoms with E-state index in [2.05, 4.69) is 20.8 Å². The van der Waals surface area contributed by atoms with Crippen LogP contribution in [0.3, 0.4) is 0 Å². The van der Waals surface area contributed by atoms with Gasteiger partial charge in [0, 0.05) is 29.0 Å². The predicted molar refractivity (Wildman–Crippen MR) is 102 cm³/mol. The van der Waals surface area contributed by atoms with Crippen molar-refractivity contribution in [3.8, 4) is 17.2 Å². The Balaban J connectivity index is 1.75. The van der Waals surface area contributed by atoms with E-state index in [1.54, 1.807) is 18.2 Å². The van der Waals surface area contributed by atoms with Gasteiger partial charge in [-0.2, -0.15) is 0 Å². The van der Waals surface area contributed by atoms with Gasteiger partial charge in [0.1, 0.15) is 34.0 Å². The molecule has 0 spiro atoms. The monoisotopic (exact) mass is 364 g/mol. The number of ether oxygens (including phenoxy) is 2. The zero-order chi connectivity index (χ0) is 19.0. The van der Waals surface area contributed by atoms with E-state index < -0.39 is 5.60 Å². The summed E-state index contributed by atoms with van der Waals surface area (Å²) in [6, 6.07) is 10.7. The Hall–Kier alpha value is -2.49. The number of carbonyl (C=O) groups is 1. The average molecular weight is 364 g/mol. The van der Waals surface area contributed by atoms with E-state index in [-0.39, 0.29) is 28.6 Å². The Morgan fingerprint density at radius 1 is 1.15 bits per heavy atom. The van der Waals surface area contributed by atoms with Crippen LogP contribution in [0, 0.1) is 5.92 Å². The topological polar surface area (TPSA) is 55.8 Å². The molecule has 1 N–H and O–H groups in total. The van der Waals surface area contributed by atoms with Crippen LogP contribution in [0.15, 0.2) is 36.4 Å². The summed E-state index contributed by atoms with van der Waals surface area (Å²) in [6.45, 7) is 6.34. The lowest BCUT2D eigenvalue weighted by Gasteiger charge is -2.55. The summed E-state index contributed by atoms with van der Waals surface area (Å²) in [5.74, 6) is 1.55. The lowest BCUT2D eigenvalue weighted by atomic mass is 9.61. The lowest BCUT2D eigenvalue weighted by Crippen LogP contribution is -2.54. The van der Waals surface area contributed by atoms with Crippen LogP contribution in [-0.2, 0) is 0 Å². The van der Waals surface area contributed by atoms with Crippen LogP contribution in [0.1, 0.15) is 67.4 Å². The number of fused-ring (bicyclic) bond motifs is 1. The summed E-state index contributed by atoms with van der Waals surface area (Å²) >= 11 is 0. The second-order valence-electron chi connectivity index (χ2n) is 8.92. The number of phenols is 1. The molecule has 4 heteroatoms. The van der Waals surface area contributed by atoms with Gasteiger partial charge in [-0.1, -0.05) is 30.3 Å². The smallest absolute Gasteiger partial charge is 0.200 e. The molecule has 0 unspecified atom stereocenters. The average Bonchev–Trinajstić information content (AvgIpc) is 2.60. The highest BCUT2D eigenvalue weighted by Gasteiger charge is 2.55. The summed E-state index contributed by atoms with van der Waals surface area (Å²) in [7, 11) is 0. The fraction of sp³-hybridized carbons (Fsp3) is 0.435. The molecule has 3 aliphatic rings. The maximum absolute atomic E-state index is 13.2. The van der Waals surface area contributed by atoms with E-state index >= 15 is 0 Å². The zero-order valence-corrected chi connectivity index (χ0v) is 15.9. The zero-order valence-electron chi connectivity index (χ0n) is 15.9. The van der Waals surface area contributed by atoms with Crippen LogP contribution in [-0.4, -0.2) is 22.1 Å². The first-order valence-corrected chi connectivity index (χ1v) is 9.67. The molecule has 2 aromatic rings. The van der Waals surface area contributed by atoms with Crippen molar-refractivity contribution < 1.29 is 19.4 Å². The summed E-state index contributed by atoms with van der Waals surface area (Å²) in [5.41, 5.74) is 1.15. The van der Waals surface area contributed by atoms with Crippen LogP contribution < -0.4 is 9.47 Å². The molecule has 5 rings (SSSR count). The maximum atomic E-state index is 13.2. The number of ketones is 1. The Labute approximate surface area is 159 Å². The number of rotatable bonds is 2. The molecule has 0 aromatic heterocycles. The van der Waals surface area contributed by atoms with Crippen molar-refractivity contribution in [2.75, 3.05) is 0 Å². The molecule has 27 heavy (non-hydrogen) atoms. The van der Waals surface area contributed by atoms with Crippen molar-refractivity contribution >= 4 is 5.78 Å². The van der Waals surface area contributed by atoms with Gasteiger partial charge >= 0.3 is 0 Å². The summed E-state index contributed by atoms with van der Waals surface area (Å²) in [4.78, 5) is 13.2. The third kappa shape index (κ3) is 2.32. The van der Waals surface area contributed by atoms with E-state index in [1.165, 1.54) is 0 Å². The predicted octanol–water partition coefficient (Wildman–Crippen LogP) is 4.83. The molecule has 2 bridgehead atoms. The highest BCUT2D eigenvalue weighted by molar-refractivity contribution is 6.13. The van der Waals surface area contributed by atoms with Crippen LogP contribution in [0.2, 0.25) is 0 Å². The van der Waals surface area contributed by atoms with Gasteiger partial charge in [-0.15, -0.1) is 0 Å². The summed E-state index contributed by atoms with van der Waals surface area (Å²) in [6.07, 6.45) is 2.94. The molecule has 0 saturated heterocycles. The molecule has 2 aliphatic heterocycles. The number of phenolic OH excluding ortho intramolecular Hbond substituents is 1. The normalized spacial score (nSPS) is 29.4. The second-order valence-corrected chi connectivity index (χ2v) is 8.92. The van der Waals surface area contributed by atoms with Gasteiger partial charge in [0.25, 0.3) is 0 Å². The number of carbonyl (C=O) groups excluding carboxylic acids is 1. The maximum Gasteiger partial charge on any atom is 0.200 e. The van der Waals surface area contributed by atoms with Crippen molar-refractivity contribution in [2.45, 2.75) is 57.2 Å². The molecule has 2 aromatic carbocycles. The number of benzene rings is 2. The van der Waals surface area contributed by atoms with Crippen molar-refractivity contribution in [2.24, 2.45) is 5.92 Å². The van der Waals surface area contributed by atoms with Gasteiger partial charge in [0.2, 0.25) is 5.78 Å². The van der Waals surface area contributed by atoms with E-state index in [1.807, 2.05) is 18.2 Å². The van der Waals surface area contributed by atoms with Crippen molar-refractivity contribution in [3.63, 3.8) is 0 Å². The lowest BCUT2D eigenvalue weighted by molar-refractivity contribution is -0.0731. The molecular weight excluding hydrogens is 340 g/mol. The minimum atomic E-state index is -0.396. The third-order valence-corrected chi connectivity index (χ3v) is 6.63. The molecular formula is C23H24O4. The van der Waals surface area contributed by atoms with Crippen molar-refractivity contribution in [3.05, 3.63) is 53.1 Å². The molecule has 2 heterocycles. The molecule has 1 aliphatic carbocycles. The number of aromatic hydroxyl groups is 1. The van der Waals surface area contributed by atoms with Gasteiger partial charge in [-0.3, -0.25) is 4.79 Å². The standard InChI is InChI=1S/C23H24O4/c1-22(2)15-9-10-23(3)12-14(15)18-17(26-23)11-16(24)19(21(18)27-22)20(25)13-7-5-4-6-8-13/h4-8,11,14-15,24H,9-10,12H2,1-3H3/t14-,15-,23-/m1/s1. The Morgan fingerprint density at radius 2 is 1.89 bits per heavy atom. The van der Waals surface area contributed by atoms with E-state index in [9.17, 15) is 9.90 Å². The molecule has 140 valence electrons. The van der Waals surface area contributed by atoms with Gasteiger partial charge in [-0.25, -0.2) is 0 Å². The van der Waals surface area contributed by atoms with E-state index in [0.29, 0.717) is 23.0 Å². The summed E-state index contributed by atoms with van der Waals surface area (Å²) in [5, 5.41) is 10.8. The largest absolute Gasteiger partial charge is 0.507 e. The van der Waals surface area contributed by atoms with E-state index in [0.717, 1.165) is 24.8 Å². The molecule has 0 radical (unpaired) electrons. The van der Waals surface area contributed by atoms with Crippen LogP contribution >= 0.6 is 0 Å². The first-order valence-electron chi connectivity index (χ1n) is 9.67. The molecule has 0 amide bonds. The van der Waals surface area contributed by atoms with Gasteiger partial charge < -0.3 is 14.6 Å². The van der Waals surface area contributed by atoms with Crippen LogP contribution in [0.25, 0.3) is 0 Å². The highest BCUT2D eigenvalue weighted by atomic mass is 16.5. The third-order valence-electron chi connectivity index (χ3n) is 6.63. The molecule has 1 fully saturated rings. The molecule has 3 atom stereocenters. The SMILES string of the molecule is CC1(C)Oc2c(C(=O)c3ccccc3)c(O)cc3c2[C@@H]2C[C@@](C)(CC[C@H]21)O3. The van der Waals surface area contributed by atoms with Crippen molar-refractivity contribution in [1.29, 1.82) is 0 Å². The molecule has 1 saturated carbocycles. The summed E-state index contributed by atoms with van der Waals surface area (Å²) < 4.78 is 12.7. The number of hydrogen-bond donors (Lipinski definition) is 1. The fourth-order valence-electron chi connectivity index (χ4n) is 5.34. The van der Waals surface area contributed by atoms with Crippen LogP contribution in [0.5, 0.6) is 17.2 Å². The minimum absolute atomic E-state index is 0.0737. The van der Waals surface area contributed by atoms with E-state index in [4.69, 9.17) is 9.47 Å². The van der Waals surface area contributed by atoms with Gasteiger partial charge in [-0.05, 0) is 40.0 Å². The van der Waals surface area contributed by atoms with Crippen LogP contribution in [0.4, 0.5) is 0 Å². The highest BCUT2D eigenvalue weighted by Crippen LogP contribution is 2.62. The minimum Gasteiger partial charge on any atom is -0.507 e. The second kappa shape index (κ2) is 5.28. The fourth-order valence-corrected chi connectivity index (χ4v) is 5.34. The first-order chi connectivity index (χ1) is 12.8. The number of hydrogen-bond acceptors (Lipinski definition) is 4. The first kappa shape index (κ1) is 16.7. The Kier molecular flexibility index (Phi) is 3.26.